The summed E-state index contributed by atoms with van der Waals surface area (Å²) in [5.41, 5.74) is 3.22. The zero-order chi connectivity index (χ0) is 21.6. The number of fused-ring (bicyclic) bond motifs is 1. The summed E-state index contributed by atoms with van der Waals surface area (Å²) in [6, 6.07) is 13.5. The second-order valence-corrected chi connectivity index (χ2v) is 9.94. The molecule has 1 N–H and O–H groups in total. The van der Waals surface area contributed by atoms with E-state index in [9.17, 15) is 10.1 Å². The Bertz CT molecular complexity index is 933. The van der Waals surface area contributed by atoms with Crippen molar-refractivity contribution >= 4 is 22.2 Å². The Hall–Kier alpha value is -2.20. The number of hydrogen-bond donors (Lipinski definition) is 1. The molecular weight excluding hydrogens is 404 g/mol. The topological polar surface area (TPSA) is 59.4 Å². The molecule has 1 aliphatic carbocycles. The van der Waals surface area contributed by atoms with Gasteiger partial charge in [-0.15, -0.1) is 11.3 Å². The summed E-state index contributed by atoms with van der Waals surface area (Å²) in [4.78, 5) is 18.8. The first kappa shape index (κ1) is 22.0. The number of nitrogens with one attached hydrogen (secondary N) is 1. The molecule has 1 aromatic heterocycles. The SMILES string of the molecule is CN(Cc1ccccc1)[C@@H]1CCCN(CC(=O)Nc2sc3c(c2C#N)CCCC3)CC1. The van der Waals surface area contributed by atoms with Crippen LogP contribution >= 0.6 is 11.3 Å². The van der Waals surface area contributed by atoms with Gasteiger partial charge in [0.25, 0.3) is 0 Å². The van der Waals surface area contributed by atoms with Crippen LogP contribution in [0, 0.1) is 11.3 Å². The van der Waals surface area contributed by atoms with E-state index in [1.54, 1.807) is 11.3 Å². The van der Waals surface area contributed by atoms with Gasteiger partial charge < -0.3 is 5.32 Å². The predicted molar refractivity (Wildman–Crippen MR) is 126 cm³/mol. The fourth-order valence-electron chi connectivity index (χ4n) is 4.88. The predicted octanol–water partition coefficient (Wildman–Crippen LogP) is 4.42. The first-order chi connectivity index (χ1) is 15.1. The lowest BCUT2D eigenvalue weighted by molar-refractivity contribution is -0.117. The minimum absolute atomic E-state index is 0.00573. The van der Waals surface area contributed by atoms with Gasteiger partial charge in [-0.2, -0.15) is 5.26 Å². The van der Waals surface area contributed by atoms with Crippen molar-refractivity contribution in [2.24, 2.45) is 0 Å². The molecule has 2 heterocycles. The molecule has 0 radical (unpaired) electrons. The van der Waals surface area contributed by atoms with Crippen LogP contribution in [-0.2, 0) is 24.2 Å². The van der Waals surface area contributed by atoms with Gasteiger partial charge in [-0.1, -0.05) is 30.3 Å². The van der Waals surface area contributed by atoms with Crippen molar-refractivity contribution in [3.8, 4) is 6.07 Å². The quantitative estimate of drug-likeness (QED) is 0.728. The van der Waals surface area contributed by atoms with Gasteiger partial charge in [0.15, 0.2) is 0 Å². The van der Waals surface area contributed by atoms with E-state index in [2.05, 4.69) is 58.6 Å². The Labute approximate surface area is 189 Å². The van der Waals surface area contributed by atoms with E-state index in [4.69, 9.17) is 0 Å². The number of anilines is 1. The first-order valence-electron chi connectivity index (χ1n) is 11.4. The summed E-state index contributed by atoms with van der Waals surface area (Å²) in [5, 5.41) is 13.4. The van der Waals surface area contributed by atoms with Crippen molar-refractivity contribution in [2.75, 3.05) is 32.0 Å². The molecule has 1 aliphatic heterocycles. The standard InChI is InChI=1S/C25H32N4OS/c1-28(17-19-8-3-2-4-9-19)20-10-7-14-29(15-13-20)18-24(30)27-25-22(16-26)21-11-5-6-12-23(21)31-25/h2-4,8-9,20H,5-7,10-15,17-18H2,1H3,(H,27,30)/t20-/m1/s1. The summed E-state index contributed by atoms with van der Waals surface area (Å²) in [6.07, 6.45) is 7.67. The van der Waals surface area contributed by atoms with E-state index in [-0.39, 0.29) is 5.91 Å². The minimum Gasteiger partial charge on any atom is -0.315 e. The van der Waals surface area contributed by atoms with Crippen molar-refractivity contribution in [1.29, 1.82) is 5.26 Å². The zero-order valence-corrected chi connectivity index (χ0v) is 19.2. The van der Waals surface area contributed by atoms with Gasteiger partial charge in [-0.05, 0) is 69.7 Å². The van der Waals surface area contributed by atoms with Gasteiger partial charge in [0, 0.05) is 24.0 Å². The molecule has 2 aliphatic rings. The molecule has 0 bridgehead atoms. The van der Waals surface area contributed by atoms with Crippen molar-refractivity contribution in [1.82, 2.24) is 9.80 Å². The summed E-state index contributed by atoms with van der Waals surface area (Å²) < 4.78 is 0. The number of likely N-dealkylation sites (tertiary alicyclic amines) is 1. The molecule has 0 spiro atoms. The molecule has 1 fully saturated rings. The maximum atomic E-state index is 12.8. The molecule has 31 heavy (non-hydrogen) atoms. The van der Waals surface area contributed by atoms with Gasteiger partial charge in [-0.3, -0.25) is 14.6 Å². The Kier molecular flexibility index (Phi) is 7.39. The van der Waals surface area contributed by atoms with Gasteiger partial charge in [-0.25, -0.2) is 0 Å². The van der Waals surface area contributed by atoms with Crippen LogP contribution in [0.1, 0.15) is 53.7 Å². The second-order valence-electron chi connectivity index (χ2n) is 8.84. The minimum atomic E-state index is 0.00573. The Morgan fingerprint density at radius 3 is 2.81 bits per heavy atom. The van der Waals surface area contributed by atoms with Crippen LogP contribution in [0.4, 0.5) is 5.00 Å². The number of aryl methyl sites for hydroxylation is 1. The lowest BCUT2D eigenvalue weighted by atomic mass is 9.96. The molecule has 0 unspecified atom stereocenters. The molecule has 1 aromatic carbocycles. The number of benzene rings is 1. The normalized spacial score (nSPS) is 19.5. The number of carbonyl (C=O) groups is 1. The third kappa shape index (κ3) is 5.54. The van der Waals surface area contributed by atoms with E-state index in [0.29, 0.717) is 18.2 Å². The van der Waals surface area contributed by atoms with Crippen molar-refractivity contribution in [2.45, 2.75) is 57.5 Å². The second kappa shape index (κ2) is 10.4. The van der Waals surface area contributed by atoms with Crippen LogP contribution in [0.2, 0.25) is 0 Å². The Balaban J connectivity index is 1.30. The number of amides is 1. The summed E-state index contributed by atoms with van der Waals surface area (Å²) in [7, 11) is 2.21. The molecule has 5 nitrogen and oxygen atoms in total. The van der Waals surface area contributed by atoms with E-state index in [0.717, 1.165) is 63.2 Å². The molecule has 1 atom stereocenters. The van der Waals surface area contributed by atoms with Crippen LogP contribution in [0.15, 0.2) is 30.3 Å². The monoisotopic (exact) mass is 436 g/mol. The molecular formula is C25H32N4OS. The highest BCUT2D eigenvalue weighted by Gasteiger charge is 2.24. The lowest BCUT2D eigenvalue weighted by Gasteiger charge is -2.27. The van der Waals surface area contributed by atoms with Crippen LogP contribution in [0.5, 0.6) is 0 Å². The smallest absolute Gasteiger partial charge is 0.239 e. The van der Waals surface area contributed by atoms with Crippen LogP contribution in [0.3, 0.4) is 0 Å². The summed E-state index contributed by atoms with van der Waals surface area (Å²) in [5.74, 6) is 0.00573. The van der Waals surface area contributed by atoms with Crippen LogP contribution < -0.4 is 5.32 Å². The number of thiophene rings is 1. The molecule has 164 valence electrons. The average molecular weight is 437 g/mol. The largest absolute Gasteiger partial charge is 0.315 e. The molecule has 0 saturated carbocycles. The molecule has 4 rings (SSSR count). The average Bonchev–Trinajstić information content (AvgIpc) is 2.95. The lowest BCUT2D eigenvalue weighted by Crippen LogP contribution is -2.35. The highest BCUT2D eigenvalue weighted by molar-refractivity contribution is 7.16. The molecule has 1 saturated heterocycles. The van der Waals surface area contributed by atoms with Gasteiger partial charge in [0.2, 0.25) is 5.91 Å². The van der Waals surface area contributed by atoms with Gasteiger partial charge in [0.05, 0.1) is 12.1 Å². The van der Waals surface area contributed by atoms with Crippen LogP contribution in [-0.4, -0.2) is 48.4 Å². The number of carbonyl (C=O) groups excluding carboxylic acids is 1. The number of hydrogen-bond acceptors (Lipinski definition) is 5. The van der Waals surface area contributed by atoms with Crippen molar-refractivity contribution in [3.05, 3.63) is 51.9 Å². The highest BCUT2D eigenvalue weighted by Crippen LogP contribution is 2.37. The third-order valence-electron chi connectivity index (χ3n) is 6.59. The molecule has 2 aromatic rings. The number of nitrogens with zero attached hydrogens (tertiary/aromatic N) is 3. The van der Waals surface area contributed by atoms with E-state index >= 15 is 0 Å². The zero-order valence-electron chi connectivity index (χ0n) is 18.4. The Morgan fingerprint density at radius 1 is 1.19 bits per heavy atom. The van der Waals surface area contributed by atoms with Crippen molar-refractivity contribution < 1.29 is 4.79 Å². The summed E-state index contributed by atoms with van der Waals surface area (Å²) >= 11 is 1.61. The fourth-order valence-corrected chi connectivity index (χ4v) is 6.14. The highest BCUT2D eigenvalue weighted by atomic mass is 32.1. The van der Waals surface area contributed by atoms with E-state index in [1.807, 2.05) is 0 Å². The van der Waals surface area contributed by atoms with Gasteiger partial charge in [0.1, 0.15) is 11.1 Å². The van der Waals surface area contributed by atoms with Crippen LogP contribution in [0.25, 0.3) is 0 Å². The maximum Gasteiger partial charge on any atom is 0.239 e. The van der Waals surface area contributed by atoms with Crippen molar-refractivity contribution in [3.63, 3.8) is 0 Å². The third-order valence-corrected chi connectivity index (χ3v) is 7.80. The van der Waals surface area contributed by atoms with E-state index in [1.165, 1.54) is 22.4 Å². The molecule has 6 heteroatoms. The number of nitriles is 1. The maximum absolute atomic E-state index is 12.8. The fraction of sp³-hybridized carbons (Fsp3) is 0.520. The van der Waals surface area contributed by atoms with E-state index < -0.39 is 0 Å². The summed E-state index contributed by atoms with van der Waals surface area (Å²) in [6.45, 7) is 3.26. The first-order valence-corrected chi connectivity index (χ1v) is 12.3. The van der Waals surface area contributed by atoms with Gasteiger partial charge >= 0.3 is 0 Å². The molecule has 1 amide bonds. The number of rotatable bonds is 6. The Morgan fingerprint density at radius 2 is 2.00 bits per heavy atom.